The Morgan fingerprint density at radius 2 is 1.58 bits per heavy atom. The second-order valence-corrected chi connectivity index (χ2v) is 14.7. The molecule has 1 saturated heterocycles. The predicted octanol–water partition coefficient (Wildman–Crippen LogP) is 4.70. The molecule has 0 bridgehead atoms. The first-order chi connectivity index (χ1) is 20.3. The summed E-state index contributed by atoms with van der Waals surface area (Å²) < 4.78 is 95.2. The van der Waals surface area contributed by atoms with E-state index in [0.29, 0.717) is 30.0 Å². The van der Waals surface area contributed by atoms with Crippen LogP contribution in [0.25, 0.3) is 11.0 Å². The Bertz CT molecular complexity index is 1960. The molecule has 43 heavy (non-hydrogen) atoms. The van der Waals surface area contributed by atoms with Gasteiger partial charge in [-0.3, -0.25) is 0 Å². The summed E-state index contributed by atoms with van der Waals surface area (Å²) in [6, 6.07) is 15.4. The van der Waals surface area contributed by atoms with E-state index < -0.39 is 31.8 Å². The molecule has 2 aromatic carbocycles. The molecular weight excluding hydrogens is 603 g/mol. The van der Waals surface area contributed by atoms with Crippen molar-refractivity contribution in [2.45, 2.75) is 34.9 Å². The van der Waals surface area contributed by atoms with Crippen molar-refractivity contribution < 1.29 is 30.0 Å². The molecule has 4 aromatic rings. The minimum atomic E-state index is -4.65. The monoisotopic (exact) mass is 629 g/mol. The van der Waals surface area contributed by atoms with Gasteiger partial charge in [-0.2, -0.15) is 22.7 Å². The van der Waals surface area contributed by atoms with Crippen molar-refractivity contribution in [2.75, 3.05) is 25.0 Å². The van der Waals surface area contributed by atoms with E-state index in [9.17, 15) is 35.3 Å². The average molecular weight is 630 g/mol. The highest BCUT2D eigenvalue weighted by Gasteiger charge is 2.46. The highest BCUT2D eigenvalue weighted by molar-refractivity contribution is 7.90. The van der Waals surface area contributed by atoms with E-state index in [-0.39, 0.29) is 52.0 Å². The number of nitriles is 1. The first-order valence-corrected chi connectivity index (χ1v) is 16.3. The third kappa shape index (κ3) is 4.95. The molecule has 2 fully saturated rings. The number of halogens is 3. The number of nitrogens with zero attached hydrogens (tertiary/aromatic N) is 5. The first-order valence-electron chi connectivity index (χ1n) is 13.4. The summed E-state index contributed by atoms with van der Waals surface area (Å²) in [5.41, 5.74) is -0.0260. The Morgan fingerprint density at radius 1 is 0.930 bits per heavy atom. The van der Waals surface area contributed by atoms with Crippen LogP contribution in [0.5, 0.6) is 0 Å². The van der Waals surface area contributed by atoms with E-state index in [2.05, 4.69) is 11.1 Å². The quantitative estimate of drug-likeness (QED) is 0.304. The fraction of sp³-hybridized carbons (Fsp3) is 0.310. The van der Waals surface area contributed by atoms with Gasteiger partial charge in [-0.25, -0.2) is 25.8 Å². The zero-order valence-electron chi connectivity index (χ0n) is 22.8. The molecular formula is C29H26F3N5O4S2. The number of aromatic nitrogens is 2. The summed E-state index contributed by atoms with van der Waals surface area (Å²) in [7, 11) is -6.24. The number of sulfonamides is 1. The van der Waals surface area contributed by atoms with Crippen molar-refractivity contribution in [3.8, 4) is 6.07 Å². The lowest BCUT2D eigenvalue weighted by Gasteiger charge is -2.29. The van der Waals surface area contributed by atoms with Gasteiger partial charge in [-0.05, 0) is 61.1 Å². The average Bonchev–Trinajstić information content (AvgIpc) is 3.70. The number of anilines is 1. The molecule has 1 saturated carbocycles. The molecule has 1 aliphatic carbocycles. The molecule has 14 heteroatoms. The number of rotatable bonds is 6. The zero-order chi connectivity index (χ0) is 30.7. The van der Waals surface area contributed by atoms with Gasteiger partial charge in [0, 0.05) is 44.0 Å². The van der Waals surface area contributed by atoms with Crippen LogP contribution in [0.3, 0.4) is 0 Å². The lowest BCUT2D eigenvalue weighted by molar-refractivity contribution is -0.137. The molecule has 2 aliphatic rings. The van der Waals surface area contributed by atoms with Gasteiger partial charge in [0.25, 0.3) is 10.0 Å². The van der Waals surface area contributed by atoms with E-state index in [4.69, 9.17) is 0 Å². The SMILES string of the molecule is CN(c1c(C#N)cnc2c1ccn2S(=O)(=O)c1ccccc1)[C@@H]1CC2CN(S(=O)(=O)c3cccc(C(F)(F)F)c3)C[C@H]2C1. The molecule has 3 heterocycles. The lowest BCUT2D eigenvalue weighted by atomic mass is 10.0. The molecule has 0 amide bonds. The number of pyridine rings is 1. The van der Waals surface area contributed by atoms with Crippen LogP contribution >= 0.6 is 0 Å². The third-order valence-electron chi connectivity index (χ3n) is 8.47. The lowest BCUT2D eigenvalue weighted by Crippen LogP contribution is -2.34. The molecule has 6 rings (SSSR count). The summed E-state index contributed by atoms with van der Waals surface area (Å²) >= 11 is 0. The maximum Gasteiger partial charge on any atom is 0.416 e. The number of alkyl halides is 3. The number of hydrogen-bond donors (Lipinski definition) is 0. The van der Waals surface area contributed by atoms with Gasteiger partial charge in [-0.1, -0.05) is 24.3 Å². The molecule has 9 nitrogen and oxygen atoms in total. The van der Waals surface area contributed by atoms with Crippen LogP contribution in [0.15, 0.2) is 82.8 Å². The maximum atomic E-state index is 13.4. The van der Waals surface area contributed by atoms with Gasteiger partial charge in [0.05, 0.1) is 26.6 Å². The van der Waals surface area contributed by atoms with Gasteiger partial charge < -0.3 is 4.90 Å². The maximum absolute atomic E-state index is 13.4. The van der Waals surface area contributed by atoms with Gasteiger partial charge in [0.15, 0.2) is 5.65 Å². The Balaban J connectivity index is 1.25. The van der Waals surface area contributed by atoms with Crippen LogP contribution in [0.2, 0.25) is 0 Å². The summed E-state index contributed by atoms with van der Waals surface area (Å²) in [5, 5.41) is 10.4. The highest BCUT2D eigenvalue weighted by Crippen LogP contribution is 2.44. The standard InChI is InChI=1S/C29H26F3N5O4S2/c1-35(27-21(15-33)16-34-28-26(27)10-11-37(28)43(40,41)24-7-3-2-4-8-24)23-12-19-17-36(18-20(19)13-23)42(38,39)25-9-5-6-22(14-25)29(30,31)32/h2-11,14,16,19-20,23H,12-13,17-18H2,1H3/t19-,20?,23+/m1/s1. The van der Waals surface area contributed by atoms with Gasteiger partial charge in [0.2, 0.25) is 10.0 Å². The van der Waals surface area contributed by atoms with Gasteiger partial charge in [-0.15, -0.1) is 0 Å². The van der Waals surface area contributed by atoms with Crippen LogP contribution < -0.4 is 4.90 Å². The van der Waals surface area contributed by atoms with Crippen LogP contribution in [0, 0.1) is 23.2 Å². The van der Waals surface area contributed by atoms with Crippen molar-refractivity contribution in [1.82, 2.24) is 13.3 Å². The molecule has 1 aliphatic heterocycles. The number of hydrogen-bond acceptors (Lipinski definition) is 7. The van der Waals surface area contributed by atoms with Crippen LogP contribution in [0.1, 0.15) is 24.0 Å². The summed E-state index contributed by atoms with van der Waals surface area (Å²) in [6.45, 7) is 0.353. The Kier molecular flexibility index (Phi) is 7.02. The van der Waals surface area contributed by atoms with Crippen LogP contribution in [-0.2, 0) is 26.2 Å². The molecule has 2 aromatic heterocycles. The fourth-order valence-corrected chi connectivity index (χ4v) is 9.24. The minimum absolute atomic E-state index is 0.0288. The Hall–Kier alpha value is -3.93. The summed E-state index contributed by atoms with van der Waals surface area (Å²) in [4.78, 5) is 5.96. The second-order valence-electron chi connectivity index (χ2n) is 10.9. The summed E-state index contributed by atoms with van der Waals surface area (Å²) in [5.74, 6) is -0.0575. The normalized spacial score (nSPS) is 21.1. The molecule has 0 spiro atoms. The topological polar surface area (TPSA) is 116 Å². The first kappa shape index (κ1) is 29.2. The Labute approximate surface area is 246 Å². The van der Waals surface area contributed by atoms with Crippen LogP contribution in [-0.4, -0.2) is 56.3 Å². The molecule has 0 radical (unpaired) electrons. The van der Waals surface area contributed by atoms with E-state index >= 15 is 0 Å². The van der Waals surface area contributed by atoms with Crippen molar-refractivity contribution in [1.29, 1.82) is 5.26 Å². The molecule has 3 atom stereocenters. The number of benzene rings is 2. The van der Waals surface area contributed by atoms with Crippen molar-refractivity contribution >= 4 is 36.8 Å². The number of fused-ring (bicyclic) bond motifs is 2. The largest absolute Gasteiger partial charge is 0.416 e. The summed E-state index contributed by atoms with van der Waals surface area (Å²) in [6.07, 6.45) is -0.706. The predicted molar refractivity (Wildman–Crippen MR) is 152 cm³/mol. The molecule has 0 N–H and O–H groups in total. The zero-order valence-corrected chi connectivity index (χ0v) is 24.4. The second kappa shape index (κ2) is 10.4. The molecule has 224 valence electrons. The Morgan fingerprint density at radius 3 is 2.21 bits per heavy atom. The minimum Gasteiger partial charge on any atom is -0.370 e. The van der Waals surface area contributed by atoms with E-state index in [0.717, 1.165) is 16.1 Å². The van der Waals surface area contributed by atoms with E-state index in [1.165, 1.54) is 34.9 Å². The van der Waals surface area contributed by atoms with Gasteiger partial charge >= 0.3 is 6.18 Å². The van der Waals surface area contributed by atoms with E-state index in [1.807, 2.05) is 11.9 Å². The molecule has 1 unspecified atom stereocenters. The fourth-order valence-electron chi connectivity index (χ4n) is 6.31. The van der Waals surface area contributed by atoms with Crippen LogP contribution in [0.4, 0.5) is 18.9 Å². The smallest absolute Gasteiger partial charge is 0.370 e. The van der Waals surface area contributed by atoms with E-state index in [1.54, 1.807) is 24.3 Å². The third-order valence-corrected chi connectivity index (χ3v) is 12.0. The highest BCUT2D eigenvalue weighted by atomic mass is 32.2. The van der Waals surface area contributed by atoms with Crippen molar-refractivity contribution in [3.05, 3.63) is 84.2 Å². The van der Waals surface area contributed by atoms with Gasteiger partial charge in [0.1, 0.15) is 6.07 Å². The van der Waals surface area contributed by atoms with Crippen molar-refractivity contribution in [2.24, 2.45) is 11.8 Å². The van der Waals surface area contributed by atoms with Crippen molar-refractivity contribution in [3.63, 3.8) is 0 Å².